The van der Waals surface area contributed by atoms with Gasteiger partial charge in [0, 0.05) is 25.4 Å². The van der Waals surface area contributed by atoms with Crippen molar-refractivity contribution in [1.29, 1.82) is 0 Å². The molecule has 0 bridgehead atoms. The topological polar surface area (TPSA) is 98.3 Å². The Kier molecular flexibility index (Phi) is 4.82. The Bertz CT molecular complexity index is 480. The van der Waals surface area contributed by atoms with Crippen molar-refractivity contribution >= 4 is 12.0 Å². The molecule has 0 atom stereocenters. The normalized spacial score (nSPS) is 17.2. The van der Waals surface area contributed by atoms with Gasteiger partial charge in [-0.2, -0.15) is 5.10 Å². The largest absolute Gasteiger partial charge is 0.481 e. The molecule has 3 N–H and O–H groups in total. The predicted molar refractivity (Wildman–Crippen MR) is 76.6 cm³/mol. The quantitative estimate of drug-likeness (QED) is 0.768. The smallest absolute Gasteiger partial charge is 0.317 e. The van der Waals surface area contributed by atoms with Gasteiger partial charge in [-0.3, -0.25) is 9.89 Å². The average molecular weight is 294 g/mol. The van der Waals surface area contributed by atoms with Gasteiger partial charge in [0.1, 0.15) is 0 Å². The molecule has 2 rings (SSSR count). The third-order valence-corrected chi connectivity index (χ3v) is 4.16. The van der Waals surface area contributed by atoms with E-state index < -0.39 is 11.4 Å². The molecular weight excluding hydrogens is 272 g/mol. The predicted octanol–water partition coefficient (Wildman–Crippen LogP) is 1.59. The molecule has 21 heavy (non-hydrogen) atoms. The summed E-state index contributed by atoms with van der Waals surface area (Å²) in [4.78, 5) is 25.1. The highest BCUT2D eigenvalue weighted by molar-refractivity contribution is 5.78. The van der Waals surface area contributed by atoms with Crippen LogP contribution in [0.15, 0.2) is 12.4 Å². The van der Waals surface area contributed by atoms with Crippen molar-refractivity contribution in [3.8, 4) is 0 Å². The van der Waals surface area contributed by atoms with E-state index in [1.54, 1.807) is 19.4 Å². The van der Waals surface area contributed by atoms with Crippen LogP contribution in [-0.4, -0.2) is 45.8 Å². The van der Waals surface area contributed by atoms with Crippen molar-refractivity contribution < 1.29 is 14.7 Å². The number of hydrogen-bond donors (Lipinski definition) is 3. The molecule has 0 aliphatic heterocycles. The summed E-state index contributed by atoms with van der Waals surface area (Å²) in [6.07, 6.45) is 7.54. The number of aliphatic carboxylic acids is 1. The number of aromatic amines is 1. The van der Waals surface area contributed by atoms with Crippen LogP contribution in [0.25, 0.3) is 0 Å². The van der Waals surface area contributed by atoms with Crippen molar-refractivity contribution in [2.24, 2.45) is 5.41 Å². The highest BCUT2D eigenvalue weighted by Crippen LogP contribution is 2.36. The Morgan fingerprint density at radius 3 is 2.71 bits per heavy atom. The van der Waals surface area contributed by atoms with Crippen LogP contribution in [0.5, 0.6) is 0 Å². The molecule has 0 aromatic carbocycles. The van der Waals surface area contributed by atoms with E-state index in [1.165, 1.54) is 4.90 Å². The number of carboxylic acid groups (broad SMARTS) is 1. The van der Waals surface area contributed by atoms with Crippen LogP contribution >= 0.6 is 0 Å². The van der Waals surface area contributed by atoms with Crippen LogP contribution in [0, 0.1) is 5.41 Å². The Morgan fingerprint density at radius 1 is 1.43 bits per heavy atom. The van der Waals surface area contributed by atoms with Crippen molar-refractivity contribution in [3.63, 3.8) is 0 Å². The number of carbonyl (C=O) groups excluding carboxylic acids is 1. The molecule has 7 nitrogen and oxygen atoms in total. The summed E-state index contributed by atoms with van der Waals surface area (Å²) in [5, 5.41) is 18.8. The summed E-state index contributed by atoms with van der Waals surface area (Å²) in [5.41, 5.74) is 0.1000. The maximum Gasteiger partial charge on any atom is 0.317 e. The second kappa shape index (κ2) is 6.60. The second-order valence-electron chi connectivity index (χ2n) is 5.77. The molecule has 1 heterocycles. The van der Waals surface area contributed by atoms with E-state index in [-0.39, 0.29) is 12.6 Å². The van der Waals surface area contributed by atoms with E-state index >= 15 is 0 Å². The molecule has 0 spiro atoms. The Labute approximate surface area is 123 Å². The van der Waals surface area contributed by atoms with Gasteiger partial charge in [-0.05, 0) is 12.8 Å². The number of amides is 2. The molecule has 7 heteroatoms. The summed E-state index contributed by atoms with van der Waals surface area (Å²) in [6.45, 7) is 0.624. The second-order valence-corrected chi connectivity index (χ2v) is 5.77. The van der Waals surface area contributed by atoms with Crippen LogP contribution in [-0.2, 0) is 11.3 Å². The number of nitrogens with one attached hydrogen (secondary N) is 2. The van der Waals surface area contributed by atoms with E-state index in [2.05, 4.69) is 15.5 Å². The number of urea groups is 1. The van der Waals surface area contributed by atoms with Crippen LogP contribution in [0.2, 0.25) is 0 Å². The standard InChI is InChI=1S/C14H22N4O3/c1-18(9-11-7-16-17-8-11)13(21)15-10-14(12(19)20)5-3-2-4-6-14/h7-8H,2-6,9-10H2,1H3,(H,15,21)(H,16,17)(H,19,20). The molecule has 1 aliphatic carbocycles. The first-order valence-electron chi connectivity index (χ1n) is 7.23. The molecule has 116 valence electrons. The van der Waals surface area contributed by atoms with Crippen LogP contribution < -0.4 is 5.32 Å². The lowest BCUT2D eigenvalue weighted by Crippen LogP contribution is -2.47. The first kappa shape index (κ1) is 15.3. The first-order valence-corrected chi connectivity index (χ1v) is 7.23. The van der Waals surface area contributed by atoms with Gasteiger partial charge in [-0.15, -0.1) is 0 Å². The lowest BCUT2D eigenvalue weighted by atomic mass is 9.74. The Hall–Kier alpha value is -2.05. The molecule has 1 aliphatic rings. The van der Waals surface area contributed by atoms with E-state index in [4.69, 9.17) is 0 Å². The minimum Gasteiger partial charge on any atom is -0.481 e. The highest BCUT2D eigenvalue weighted by atomic mass is 16.4. The number of carbonyl (C=O) groups is 2. The fourth-order valence-corrected chi connectivity index (χ4v) is 2.78. The van der Waals surface area contributed by atoms with Gasteiger partial charge >= 0.3 is 12.0 Å². The van der Waals surface area contributed by atoms with E-state index in [0.717, 1.165) is 24.8 Å². The molecule has 1 aromatic rings. The molecule has 1 aromatic heterocycles. The van der Waals surface area contributed by atoms with Gasteiger partial charge in [0.2, 0.25) is 0 Å². The number of aromatic nitrogens is 2. The molecule has 1 fully saturated rings. The highest BCUT2D eigenvalue weighted by Gasteiger charge is 2.39. The summed E-state index contributed by atoms with van der Waals surface area (Å²) >= 11 is 0. The number of nitrogens with zero attached hydrogens (tertiary/aromatic N) is 2. The lowest BCUT2D eigenvalue weighted by Gasteiger charge is -2.33. The van der Waals surface area contributed by atoms with E-state index in [0.29, 0.717) is 19.4 Å². The number of hydrogen-bond acceptors (Lipinski definition) is 3. The van der Waals surface area contributed by atoms with Gasteiger partial charge in [-0.1, -0.05) is 19.3 Å². The first-order chi connectivity index (χ1) is 10.0. The zero-order valence-electron chi connectivity index (χ0n) is 12.3. The minimum atomic E-state index is -0.806. The summed E-state index contributed by atoms with van der Waals surface area (Å²) in [5.74, 6) is -0.806. The molecule has 0 saturated heterocycles. The molecule has 0 unspecified atom stereocenters. The van der Waals surface area contributed by atoms with E-state index in [9.17, 15) is 14.7 Å². The van der Waals surface area contributed by atoms with Gasteiger partial charge in [0.05, 0.1) is 18.2 Å². The Morgan fingerprint density at radius 2 is 2.14 bits per heavy atom. The Balaban J connectivity index is 1.88. The van der Waals surface area contributed by atoms with Crippen LogP contribution in [0.3, 0.4) is 0 Å². The third kappa shape index (κ3) is 3.74. The SMILES string of the molecule is CN(Cc1cn[nH]c1)C(=O)NCC1(C(=O)O)CCCCC1. The molecule has 2 amide bonds. The summed E-state index contributed by atoms with van der Waals surface area (Å²) in [6, 6.07) is -0.262. The monoisotopic (exact) mass is 294 g/mol. The van der Waals surface area contributed by atoms with Crippen molar-refractivity contribution in [1.82, 2.24) is 20.4 Å². The maximum absolute atomic E-state index is 12.1. The fourth-order valence-electron chi connectivity index (χ4n) is 2.78. The van der Waals surface area contributed by atoms with Gasteiger partial charge in [0.25, 0.3) is 0 Å². The maximum atomic E-state index is 12.1. The third-order valence-electron chi connectivity index (χ3n) is 4.16. The van der Waals surface area contributed by atoms with Crippen LogP contribution in [0.4, 0.5) is 4.79 Å². The number of H-pyrrole nitrogens is 1. The minimum absolute atomic E-state index is 0.191. The van der Waals surface area contributed by atoms with E-state index in [1.807, 2.05) is 0 Å². The number of rotatable bonds is 5. The van der Waals surface area contributed by atoms with Crippen molar-refractivity contribution in [2.45, 2.75) is 38.6 Å². The zero-order chi connectivity index (χ0) is 15.3. The van der Waals surface area contributed by atoms with Crippen molar-refractivity contribution in [2.75, 3.05) is 13.6 Å². The summed E-state index contributed by atoms with van der Waals surface area (Å²) in [7, 11) is 1.68. The van der Waals surface area contributed by atoms with Crippen molar-refractivity contribution in [3.05, 3.63) is 18.0 Å². The zero-order valence-corrected chi connectivity index (χ0v) is 12.3. The van der Waals surface area contributed by atoms with Crippen LogP contribution in [0.1, 0.15) is 37.7 Å². The van der Waals surface area contributed by atoms with Gasteiger partial charge in [0.15, 0.2) is 0 Å². The average Bonchev–Trinajstić information content (AvgIpc) is 2.98. The lowest BCUT2D eigenvalue weighted by molar-refractivity contribution is -0.150. The number of carboxylic acids is 1. The summed E-state index contributed by atoms with van der Waals surface area (Å²) < 4.78 is 0. The molecule has 1 saturated carbocycles. The van der Waals surface area contributed by atoms with Gasteiger partial charge < -0.3 is 15.3 Å². The van der Waals surface area contributed by atoms with Gasteiger partial charge in [-0.25, -0.2) is 4.79 Å². The fraction of sp³-hybridized carbons (Fsp3) is 0.643. The molecular formula is C14H22N4O3. The molecule has 0 radical (unpaired) electrons.